The minimum absolute atomic E-state index is 0.00894. The van der Waals surface area contributed by atoms with Crippen LogP contribution in [0.1, 0.15) is 24.1 Å². The van der Waals surface area contributed by atoms with Crippen molar-refractivity contribution < 1.29 is 14.5 Å². The highest BCUT2D eigenvalue weighted by Crippen LogP contribution is 2.22. The van der Waals surface area contributed by atoms with E-state index in [0.717, 1.165) is 11.3 Å². The molecule has 0 saturated carbocycles. The summed E-state index contributed by atoms with van der Waals surface area (Å²) in [5.41, 5.74) is 1.87. The van der Waals surface area contributed by atoms with Gasteiger partial charge in [0.1, 0.15) is 12.4 Å². The van der Waals surface area contributed by atoms with Crippen LogP contribution in [0.25, 0.3) is 0 Å². The lowest BCUT2D eigenvalue weighted by Gasteiger charge is -2.25. The third-order valence-corrected chi connectivity index (χ3v) is 4.13. The van der Waals surface area contributed by atoms with Crippen molar-refractivity contribution in [1.29, 1.82) is 0 Å². The van der Waals surface area contributed by atoms with E-state index in [4.69, 9.17) is 4.74 Å². The van der Waals surface area contributed by atoms with Gasteiger partial charge in [0, 0.05) is 19.2 Å². The van der Waals surface area contributed by atoms with E-state index in [9.17, 15) is 14.9 Å². The Morgan fingerprint density at radius 3 is 2.62 bits per heavy atom. The van der Waals surface area contributed by atoms with Crippen molar-refractivity contribution in [2.45, 2.75) is 19.9 Å². The first-order valence-corrected chi connectivity index (χ1v) is 8.33. The van der Waals surface area contributed by atoms with Gasteiger partial charge >= 0.3 is 6.03 Å². The van der Waals surface area contributed by atoms with Crippen LogP contribution in [-0.2, 0) is 0 Å². The number of hydrogen-bond acceptors (Lipinski definition) is 4. The van der Waals surface area contributed by atoms with Crippen LogP contribution in [0.2, 0.25) is 0 Å². The number of non-ortho nitro benzene ring substituents is 1. The number of carbonyl (C=O) groups excluding carboxylic acids is 1. The molecule has 26 heavy (non-hydrogen) atoms. The van der Waals surface area contributed by atoms with Crippen molar-refractivity contribution >= 4 is 11.7 Å². The average Bonchev–Trinajstić information content (AvgIpc) is 2.65. The predicted octanol–water partition coefficient (Wildman–Crippen LogP) is 3.68. The number of nitro groups is 1. The van der Waals surface area contributed by atoms with Crippen LogP contribution in [-0.4, -0.2) is 36.1 Å². The molecule has 1 N–H and O–H groups in total. The fourth-order valence-corrected chi connectivity index (χ4v) is 2.38. The second kappa shape index (κ2) is 8.84. The summed E-state index contributed by atoms with van der Waals surface area (Å²) in [7, 11) is 1.65. The number of carbonyl (C=O) groups is 1. The van der Waals surface area contributed by atoms with E-state index in [2.05, 4.69) is 5.32 Å². The van der Waals surface area contributed by atoms with Gasteiger partial charge in [-0.25, -0.2) is 4.79 Å². The standard InChI is InChI=1S/C19H23N3O4/c1-14-7-9-18(10-8-14)26-12-11-20-19(23)21(3)15(2)16-5-4-6-17(13-16)22(24)25/h4-10,13,15H,11-12H2,1-3H3,(H,20,23)/t15-/m0/s1. The van der Waals surface area contributed by atoms with Gasteiger partial charge in [-0.05, 0) is 31.5 Å². The number of rotatable bonds is 7. The van der Waals surface area contributed by atoms with Crippen molar-refractivity contribution in [2.24, 2.45) is 0 Å². The fourth-order valence-electron chi connectivity index (χ4n) is 2.38. The molecule has 7 heteroatoms. The first-order valence-electron chi connectivity index (χ1n) is 8.33. The molecule has 2 amide bonds. The molecule has 2 rings (SSSR count). The highest BCUT2D eigenvalue weighted by Gasteiger charge is 2.19. The largest absolute Gasteiger partial charge is 0.492 e. The summed E-state index contributed by atoms with van der Waals surface area (Å²) in [5, 5.41) is 13.7. The summed E-state index contributed by atoms with van der Waals surface area (Å²) < 4.78 is 5.57. The number of nitrogens with one attached hydrogen (secondary N) is 1. The molecule has 0 radical (unpaired) electrons. The molecular formula is C19H23N3O4. The predicted molar refractivity (Wildman–Crippen MR) is 99.3 cm³/mol. The molecule has 0 aliphatic heterocycles. The highest BCUT2D eigenvalue weighted by molar-refractivity contribution is 5.74. The fraction of sp³-hybridized carbons (Fsp3) is 0.316. The van der Waals surface area contributed by atoms with Gasteiger partial charge in [0.25, 0.3) is 5.69 Å². The Balaban J connectivity index is 1.83. The molecule has 0 saturated heterocycles. The zero-order chi connectivity index (χ0) is 19.1. The highest BCUT2D eigenvalue weighted by atomic mass is 16.6. The van der Waals surface area contributed by atoms with Gasteiger partial charge in [0.15, 0.2) is 0 Å². The van der Waals surface area contributed by atoms with Gasteiger partial charge in [-0.1, -0.05) is 29.8 Å². The second-order valence-electron chi connectivity index (χ2n) is 6.03. The number of hydrogen-bond donors (Lipinski definition) is 1. The third kappa shape index (κ3) is 5.20. The molecule has 7 nitrogen and oxygen atoms in total. The number of nitro benzene ring substituents is 1. The lowest BCUT2D eigenvalue weighted by molar-refractivity contribution is -0.384. The molecule has 0 aromatic heterocycles. The van der Waals surface area contributed by atoms with Gasteiger partial charge in [-0.2, -0.15) is 0 Å². The topological polar surface area (TPSA) is 84.7 Å². The zero-order valence-corrected chi connectivity index (χ0v) is 15.1. The number of urea groups is 1. The molecule has 0 spiro atoms. The van der Waals surface area contributed by atoms with Crippen LogP contribution in [0, 0.1) is 17.0 Å². The molecular weight excluding hydrogens is 334 g/mol. The minimum Gasteiger partial charge on any atom is -0.492 e. The van der Waals surface area contributed by atoms with Crippen molar-refractivity contribution in [3.8, 4) is 5.75 Å². The molecule has 1 atom stereocenters. The molecule has 138 valence electrons. The van der Waals surface area contributed by atoms with Crippen molar-refractivity contribution in [1.82, 2.24) is 10.2 Å². The summed E-state index contributed by atoms with van der Waals surface area (Å²) in [4.78, 5) is 24.2. The normalized spacial score (nSPS) is 11.5. The van der Waals surface area contributed by atoms with Crippen LogP contribution in [0.3, 0.4) is 0 Å². The SMILES string of the molecule is Cc1ccc(OCCNC(=O)N(C)[C@@H](C)c2cccc([N+](=O)[O-])c2)cc1. The van der Waals surface area contributed by atoms with Crippen molar-refractivity contribution in [2.75, 3.05) is 20.2 Å². The Bertz CT molecular complexity index is 762. The Hall–Kier alpha value is -3.09. The number of ether oxygens (including phenoxy) is 1. The molecule has 0 aliphatic carbocycles. The third-order valence-electron chi connectivity index (χ3n) is 4.13. The molecule has 2 aromatic carbocycles. The first kappa shape index (κ1) is 19.2. The quantitative estimate of drug-likeness (QED) is 0.465. The van der Waals surface area contributed by atoms with E-state index in [1.165, 1.54) is 17.0 Å². The Kier molecular flexibility index (Phi) is 6.54. The summed E-state index contributed by atoms with van der Waals surface area (Å²) >= 11 is 0. The maximum atomic E-state index is 12.3. The molecule has 0 heterocycles. The molecule has 2 aromatic rings. The number of benzene rings is 2. The van der Waals surface area contributed by atoms with E-state index in [0.29, 0.717) is 18.7 Å². The van der Waals surface area contributed by atoms with E-state index >= 15 is 0 Å². The summed E-state index contributed by atoms with van der Waals surface area (Å²) in [5.74, 6) is 0.753. The molecule has 0 aliphatic rings. The van der Waals surface area contributed by atoms with Gasteiger partial charge in [0.2, 0.25) is 0 Å². The first-order chi connectivity index (χ1) is 12.4. The minimum atomic E-state index is -0.446. The van der Waals surface area contributed by atoms with Crippen molar-refractivity contribution in [3.63, 3.8) is 0 Å². The van der Waals surface area contributed by atoms with Crippen molar-refractivity contribution in [3.05, 3.63) is 69.8 Å². The molecule has 0 bridgehead atoms. The Morgan fingerprint density at radius 1 is 1.27 bits per heavy atom. The number of amides is 2. The van der Waals surface area contributed by atoms with Gasteiger partial charge in [0.05, 0.1) is 17.5 Å². The van der Waals surface area contributed by atoms with E-state index in [-0.39, 0.29) is 17.8 Å². The van der Waals surface area contributed by atoms with Crippen LogP contribution in [0.4, 0.5) is 10.5 Å². The van der Waals surface area contributed by atoms with Gasteiger partial charge < -0.3 is 15.0 Å². The van der Waals surface area contributed by atoms with E-state index < -0.39 is 4.92 Å². The second-order valence-corrected chi connectivity index (χ2v) is 6.03. The van der Waals surface area contributed by atoms with E-state index in [1.807, 2.05) is 38.1 Å². The number of aryl methyl sites for hydroxylation is 1. The monoisotopic (exact) mass is 357 g/mol. The van der Waals surface area contributed by atoms with Crippen LogP contribution in [0.5, 0.6) is 5.75 Å². The molecule has 0 fully saturated rings. The number of nitrogens with zero attached hydrogens (tertiary/aromatic N) is 2. The maximum Gasteiger partial charge on any atom is 0.317 e. The van der Waals surface area contributed by atoms with Crippen LogP contribution in [0.15, 0.2) is 48.5 Å². The average molecular weight is 357 g/mol. The van der Waals surface area contributed by atoms with Gasteiger partial charge in [-0.15, -0.1) is 0 Å². The van der Waals surface area contributed by atoms with Crippen LogP contribution < -0.4 is 10.1 Å². The Labute approximate surface area is 152 Å². The summed E-state index contributed by atoms with van der Waals surface area (Å²) in [6.07, 6.45) is 0. The summed E-state index contributed by atoms with van der Waals surface area (Å²) in [6.45, 7) is 4.54. The smallest absolute Gasteiger partial charge is 0.317 e. The summed E-state index contributed by atoms with van der Waals surface area (Å²) in [6, 6.07) is 13.4. The zero-order valence-electron chi connectivity index (χ0n) is 15.1. The maximum absolute atomic E-state index is 12.3. The Morgan fingerprint density at radius 2 is 1.96 bits per heavy atom. The lowest BCUT2D eigenvalue weighted by atomic mass is 10.1. The van der Waals surface area contributed by atoms with Crippen LogP contribution >= 0.6 is 0 Å². The lowest BCUT2D eigenvalue weighted by Crippen LogP contribution is -2.40. The molecule has 0 unspecified atom stereocenters. The van der Waals surface area contributed by atoms with E-state index in [1.54, 1.807) is 19.2 Å². The van der Waals surface area contributed by atoms with Gasteiger partial charge in [-0.3, -0.25) is 10.1 Å².